The van der Waals surface area contributed by atoms with Gasteiger partial charge in [0, 0.05) is 6.54 Å². The molecule has 0 radical (unpaired) electrons. The van der Waals surface area contributed by atoms with Gasteiger partial charge in [0.05, 0.1) is 11.7 Å². The number of benzene rings is 1. The summed E-state index contributed by atoms with van der Waals surface area (Å²) in [6.07, 6.45) is -7.66. The monoisotopic (exact) mass is 253 g/mol. The zero-order valence-corrected chi connectivity index (χ0v) is 8.58. The van der Waals surface area contributed by atoms with Gasteiger partial charge < -0.3 is 15.9 Å². The third-order valence-corrected chi connectivity index (χ3v) is 2.25. The van der Waals surface area contributed by atoms with Gasteiger partial charge in [-0.25, -0.2) is 4.39 Å². The van der Waals surface area contributed by atoms with Crippen LogP contribution in [-0.2, 0) is 6.18 Å². The van der Waals surface area contributed by atoms with Crippen molar-refractivity contribution in [2.24, 2.45) is 5.73 Å². The lowest BCUT2D eigenvalue weighted by atomic mass is 10.0. The summed E-state index contributed by atoms with van der Waals surface area (Å²) in [5.74, 6) is -1.50. The van der Waals surface area contributed by atoms with Crippen molar-refractivity contribution < 1.29 is 27.8 Å². The van der Waals surface area contributed by atoms with E-state index in [-0.39, 0.29) is 12.1 Å². The first-order chi connectivity index (χ1) is 7.77. The van der Waals surface area contributed by atoms with Crippen LogP contribution in [0.2, 0.25) is 0 Å². The number of hydrogen-bond acceptors (Lipinski definition) is 3. The predicted molar refractivity (Wildman–Crippen MR) is 51.4 cm³/mol. The highest BCUT2D eigenvalue weighted by Crippen LogP contribution is 2.32. The minimum absolute atomic E-state index is 0.159. The van der Waals surface area contributed by atoms with Gasteiger partial charge >= 0.3 is 6.18 Å². The second-order valence-corrected chi connectivity index (χ2v) is 3.48. The van der Waals surface area contributed by atoms with Gasteiger partial charge in [0.2, 0.25) is 0 Å². The van der Waals surface area contributed by atoms with Crippen LogP contribution in [0.3, 0.4) is 0 Å². The Hall–Kier alpha value is -1.18. The molecule has 4 N–H and O–H groups in total. The summed E-state index contributed by atoms with van der Waals surface area (Å²) in [6, 6.07) is 1.94. The fourth-order valence-electron chi connectivity index (χ4n) is 1.30. The van der Waals surface area contributed by atoms with Gasteiger partial charge in [-0.2, -0.15) is 13.2 Å². The fourth-order valence-corrected chi connectivity index (χ4v) is 1.30. The SMILES string of the molecule is NCC(O)C(O)c1ccc(C(F)(F)F)c(F)c1. The maximum absolute atomic E-state index is 13.1. The van der Waals surface area contributed by atoms with Gasteiger partial charge in [0.15, 0.2) is 0 Å². The topological polar surface area (TPSA) is 66.5 Å². The van der Waals surface area contributed by atoms with Gasteiger partial charge in [-0.1, -0.05) is 6.07 Å². The van der Waals surface area contributed by atoms with E-state index in [1.807, 2.05) is 0 Å². The third kappa shape index (κ3) is 3.15. The maximum Gasteiger partial charge on any atom is 0.419 e. The summed E-state index contributed by atoms with van der Waals surface area (Å²) < 4.78 is 49.8. The van der Waals surface area contributed by atoms with Crippen molar-refractivity contribution in [1.29, 1.82) is 0 Å². The number of halogens is 4. The normalized spacial score (nSPS) is 15.7. The number of alkyl halides is 3. The molecule has 0 saturated heterocycles. The first-order valence-corrected chi connectivity index (χ1v) is 4.70. The quantitative estimate of drug-likeness (QED) is 0.709. The smallest absolute Gasteiger partial charge is 0.389 e. The number of aliphatic hydroxyl groups is 2. The van der Waals surface area contributed by atoms with E-state index in [0.717, 1.165) is 6.07 Å². The number of rotatable bonds is 3. The highest BCUT2D eigenvalue weighted by atomic mass is 19.4. The molecule has 1 aromatic carbocycles. The average Bonchev–Trinajstić information content (AvgIpc) is 2.25. The molecule has 17 heavy (non-hydrogen) atoms. The Balaban J connectivity index is 3.05. The highest BCUT2D eigenvalue weighted by Gasteiger charge is 2.34. The lowest BCUT2D eigenvalue weighted by Gasteiger charge is -2.17. The molecular formula is C10H11F4NO2. The number of hydrogen-bond donors (Lipinski definition) is 3. The summed E-state index contributed by atoms with van der Waals surface area (Å²) in [6.45, 7) is -0.288. The van der Waals surface area contributed by atoms with Crippen molar-refractivity contribution in [2.75, 3.05) is 6.54 Å². The largest absolute Gasteiger partial charge is 0.419 e. The van der Waals surface area contributed by atoms with Crippen LogP contribution in [0.25, 0.3) is 0 Å². The number of aliphatic hydroxyl groups excluding tert-OH is 2. The molecule has 0 fully saturated rings. The average molecular weight is 253 g/mol. The van der Waals surface area contributed by atoms with Gasteiger partial charge in [-0.3, -0.25) is 0 Å². The second-order valence-electron chi connectivity index (χ2n) is 3.48. The molecule has 7 heteroatoms. The van der Waals surface area contributed by atoms with E-state index in [1.54, 1.807) is 0 Å². The molecule has 2 atom stereocenters. The molecule has 0 aromatic heterocycles. The standard InChI is InChI=1S/C10H11F4NO2/c11-7-3-5(9(17)8(16)4-15)1-2-6(7)10(12,13)14/h1-3,8-9,16-17H,4,15H2. The lowest BCUT2D eigenvalue weighted by molar-refractivity contribution is -0.140. The minimum atomic E-state index is -4.79. The summed E-state index contributed by atoms with van der Waals surface area (Å²) in [7, 11) is 0. The molecule has 0 saturated carbocycles. The van der Waals surface area contributed by atoms with Gasteiger partial charge in [-0.15, -0.1) is 0 Å². The van der Waals surface area contributed by atoms with Crippen LogP contribution in [0.1, 0.15) is 17.2 Å². The fraction of sp³-hybridized carbons (Fsp3) is 0.400. The minimum Gasteiger partial charge on any atom is -0.389 e. The molecule has 0 heterocycles. The molecule has 0 aliphatic heterocycles. The Morgan fingerprint density at radius 2 is 1.82 bits per heavy atom. The van der Waals surface area contributed by atoms with Crippen LogP contribution >= 0.6 is 0 Å². The molecule has 3 nitrogen and oxygen atoms in total. The third-order valence-electron chi connectivity index (χ3n) is 2.25. The molecule has 96 valence electrons. The molecule has 2 unspecified atom stereocenters. The van der Waals surface area contributed by atoms with Crippen LogP contribution in [-0.4, -0.2) is 22.9 Å². The Morgan fingerprint density at radius 3 is 2.24 bits per heavy atom. The van der Waals surface area contributed by atoms with Crippen molar-refractivity contribution in [3.8, 4) is 0 Å². The van der Waals surface area contributed by atoms with E-state index in [1.165, 1.54) is 0 Å². The lowest BCUT2D eigenvalue weighted by Crippen LogP contribution is -2.27. The molecule has 0 bridgehead atoms. The van der Waals surface area contributed by atoms with E-state index in [4.69, 9.17) is 5.73 Å². The van der Waals surface area contributed by atoms with E-state index >= 15 is 0 Å². The van der Waals surface area contributed by atoms with Crippen LogP contribution in [0.5, 0.6) is 0 Å². The zero-order chi connectivity index (χ0) is 13.2. The summed E-state index contributed by atoms with van der Waals surface area (Å²) >= 11 is 0. The van der Waals surface area contributed by atoms with Gasteiger partial charge in [-0.05, 0) is 17.7 Å². The van der Waals surface area contributed by atoms with E-state index in [9.17, 15) is 27.8 Å². The van der Waals surface area contributed by atoms with Crippen LogP contribution in [0.15, 0.2) is 18.2 Å². The summed E-state index contributed by atoms with van der Waals surface area (Å²) in [5, 5.41) is 18.6. The summed E-state index contributed by atoms with van der Waals surface area (Å²) in [4.78, 5) is 0. The van der Waals surface area contributed by atoms with Gasteiger partial charge in [0.1, 0.15) is 11.9 Å². The Labute approximate surface area is 94.5 Å². The Morgan fingerprint density at radius 1 is 1.24 bits per heavy atom. The molecule has 0 aliphatic carbocycles. The highest BCUT2D eigenvalue weighted by molar-refractivity contribution is 5.28. The Bertz CT molecular complexity index is 394. The van der Waals surface area contributed by atoms with E-state index < -0.39 is 29.8 Å². The molecular weight excluding hydrogens is 242 g/mol. The molecule has 0 amide bonds. The second kappa shape index (κ2) is 4.99. The van der Waals surface area contributed by atoms with Crippen LogP contribution in [0.4, 0.5) is 17.6 Å². The van der Waals surface area contributed by atoms with E-state index in [0.29, 0.717) is 12.1 Å². The van der Waals surface area contributed by atoms with Crippen molar-refractivity contribution >= 4 is 0 Å². The molecule has 1 rings (SSSR count). The predicted octanol–water partition coefficient (Wildman–Crippen LogP) is 1.20. The van der Waals surface area contributed by atoms with Crippen molar-refractivity contribution in [3.63, 3.8) is 0 Å². The molecule has 0 spiro atoms. The van der Waals surface area contributed by atoms with Crippen LogP contribution in [0, 0.1) is 5.82 Å². The van der Waals surface area contributed by atoms with E-state index in [2.05, 4.69) is 0 Å². The van der Waals surface area contributed by atoms with Crippen molar-refractivity contribution in [2.45, 2.75) is 18.4 Å². The van der Waals surface area contributed by atoms with Crippen LogP contribution < -0.4 is 5.73 Å². The Kier molecular flexibility index (Phi) is 4.07. The number of nitrogens with two attached hydrogens (primary N) is 1. The molecule has 1 aromatic rings. The first kappa shape index (κ1) is 13.9. The summed E-state index contributed by atoms with van der Waals surface area (Å²) in [5.41, 5.74) is 3.48. The maximum atomic E-state index is 13.1. The van der Waals surface area contributed by atoms with Crippen molar-refractivity contribution in [3.05, 3.63) is 35.1 Å². The first-order valence-electron chi connectivity index (χ1n) is 4.70. The molecule has 0 aliphatic rings. The van der Waals surface area contributed by atoms with Crippen molar-refractivity contribution in [1.82, 2.24) is 0 Å². The zero-order valence-electron chi connectivity index (χ0n) is 8.58. The van der Waals surface area contributed by atoms with Gasteiger partial charge in [0.25, 0.3) is 0 Å².